The SMILES string of the molecule is Cc1ccc2c3c(sc2c1O)Nc1ccccc1NC3. The molecule has 0 radical (unpaired) electrons. The van der Waals surface area contributed by atoms with Crippen molar-refractivity contribution in [2.75, 3.05) is 10.6 Å². The first-order chi connectivity index (χ1) is 9.74. The number of phenolic OH excluding ortho intramolecular Hbond substituents is 1. The van der Waals surface area contributed by atoms with Crippen molar-refractivity contribution in [3.05, 3.63) is 47.5 Å². The predicted octanol–water partition coefficient (Wildman–Crippen LogP) is 4.58. The Balaban J connectivity index is 1.94. The lowest BCUT2D eigenvalue weighted by Gasteiger charge is -2.07. The molecule has 0 saturated heterocycles. The molecule has 20 heavy (non-hydrogen) atoms. The fourth-order valence-corrected chi connectivity index (χ4v) is 3.85. The monoisotopic (exact) mass is 282 g/mol. The van der Waals surface area contributed by atoms with E-state index in [1.807, 2.05) is 25.1 Å². The van der Waals surface area contributed by atoms with Crippen molar-refractivity contribution in [1.82, 2.24) is 0 Å². The number of rotatable bonds is 0. The molecule has 1 aliphatic rings. The number of para-hydroxylation sites is 2. The third-order valence-corrected chi connectivity index (χ3v) is 4.94. The normalized spacial score (nSPS) is 13.1. The number of hydrogen-bond donors (Lipinski definition) is 3. The highest BCUT2D eigenvalue weighted by Gasteiger charge is 2.19. The molecule has 4 heteroatoms. The van der Waals surface area contributed by atoms with Crippen molar-refractivity contribution in [3.8, 4) is 5.75 Å². The average Bonchev–Trinajstić information content (AvgIpc) is 2.70. The molecule has 3 nitrogen and oxygen atoms in total. The van der Waals surface area contributed by atoms with Gasteiger partial charge in [-0.05, 0) is 24.6 Å². The largest absolute Gasteiger partial charge is 0.506 e. The smallest absolute Gasteiger partial charge is 0.136 e. The van der Waals surface area contributed by atoms with Crippen LogP contribution in [0.25, 0.3) is 10.1 Å². The lowest BCUT2D eigenvalue weighted by molar-refractivity contribution is 0.478. The van der Waals surface area contributed by atoms with Gasteiger partial charge in [-0.3, -0.25) is 0 Å². The summed E-state index contributed by atoms with van der Waals surface area (Å²) in [6.45, 7) is 2.70. The number of benzene rings is 2. The number of anilines is 3. The van der Waals surface area contributed by atoms with Crippen LogP contribution in [0.3, 0.4) is 0 Å². The molecule has 0 fully saturated rings. The number of fused-ring (bicyclic) bond motifs is 4. The molecule has 0 unspecified atom stereocenters. The van der Waals surface area contributed by atoms with Gasteiger partial charge in [0.25, 0.3) is 0 Å². The number of thiophene rings is 1. The van der Waals surface area contributed by atoms with E-state index in [1.54, 1.807) is 11.3 Å². The molecular formula is C16H14N2OS. The summed E-state index contributed by atoms with van der Waals surface area (Å²) in [5.74, 6) is 0.399. The molecule has 3 N–H and O–H groups in total. The predicted molar refractivity (Wildman–Crippen MR) is 85.3 cm³/mol. The number of hydrogen-bond acceptors (Lipinski definition) is 4. The van der Waals surface area contributed by atoms with Gasteiger partial charge in [0.05, 0.1) is 21.1 Å². The van der Waals surface area contributed by atoms with Gasteiger partial charge in [0.15, 0.2) is 0 Å². The maximum Gasteiger partial charge on any atom is 0.136 e. The highest BCUT2D eigenvalue weighted by atomic mass is 32.1. The number of aromatic hydroxyl groups is 1. The first-order valence-electron chi connectivity index (χ1n) is 6.58. The van der Waals surface area contributed by atoms with Gasteiger partial charge >= 0.3 is 0 Å². The minimum atomic E-state index is 0.399. The Hall–Kier alpha value is -2.20. The van der Waals surface area contributed by atoms with E-state index < -0.39 is 0 Å². The first-order valence-corrected chi connectivity index (χ1v) is 7.39. The Morgan fingerprint density at radius 3 is 2.75 bits per heavy atom. The van der Waals surface area contributed by atoms with Crippen molar-refractivity contribution >= 4 is 37.8 Å². The van der Waals surface area contributed by atoms with Crippen LogP contribution < -0.4 is 10.6 Å². The summed E-state index contributed by atoms with van der Waals surface area (Å²) >= 11 is 1.62. The summed E-state index contributed by atoms with van der Waals surface area (Å²) in [7, 11) is 0. The molecule has 1 aromatic heterocycles. The molecule has 0 saturated carbocycles. The molecular weight excluding hydrogens is 268 g/mol. The summed E-state index contributed by atoms with van der Waals surface area (Å²) in [5.41, 5.74) is 4.33. The maximum absolute atomic E-state index is 10.2. The highest BCUT2D eigenvalue weighted by Crippen LogP contribution is 2.45. The van der Waals surface area contributed by atoms with E-state index >= 15 is 0 Å². The van der Waals surface area contributed by atoms with Gasteiger partial charge in [-0.1, -0.05) is 24.3 Å². The Bertz CT molecular complexity index is 823. The van der Waals surface area contributed by atoms with Crippen LogP contribution in [0.2, 0.25) is 0 Å². The number of phenols is 1. The molecule has 0 bridgehead atoms. The third-order valence-electron chi connectivity index (χ3n) is 3.77. The minimum Gasteiger partial charge on any atom is -0.506 e. The van der Waals surface area contributed by atoms with Crippen LogP contribution in [0.4, 0.5) is 16.4 Å². The Kier molecular flexibility index (Phi) is 2.41. The van der Waals surface area contributed by atoms with Gasteiger partial charge < -0.3 is 15.7 Å². The van der Waals surface area contributed by atoms with Gasteiger partial charge in [0.1, 0.15) is 5.75 Å². The molecule has 0 aliphatic carbocycles. The molecule has 2 aromatic carbocycles. The van der Waals surface area contributed by atoms with Crippen LogP contribution in [0.5, 0.6) is 5.75 Å². The molecule has 0 atom stereocenters. The van der Waals surface area contributed by atoms with Crippen LogP contribution in [-0.2, 0) is 6.54 Å². The van der Waals surface area contributed by atoms with Gasteiger partial charge in [-0.25, -0.2) is 0 Å². The second kappa shape index (κ2) is 4.15. The summed E-state index contributed by atoms with van der Waals surface area (Å²) in [5, 5.41) is 19.4. The van der Waals surface area contributed by atoms with E-state index in [4.69, 9.17) is 0 Å². The second-order valence-electron chi connectivity index (χ2n) is 5.04. The molecule has 2 heterocycles. The zero-order chi connectivity index (χ0) is 13.7. The minimum absolute atomic E-state index is 0.399. The molecule has 0 spiro atoms. The lowest BCUT2D eigenvalue weighted by atomic mass is 10.1. The zero-order valence-electron chi connectivity index (χ0n) is 11.0. The van der Waals surface area contributed by atoms with Crippen LogP contribution in [-0.4, -0.2) is 5.11 Å². The summed E-state index contributed by atoms with van der Waals surface area (Å²) in [4.78, 5) is 0. The third kappa shape index (κ3) is 1.58. The van der Waals surface area contributed by atoms with Crippen molar-refractivity contribution in [1.29, 1.82) is 0 Å². The number of aryl methyl sites for hydroxylation is 1. The van der Waals surface area contributed by atoms with Crippen LogP contribution in [0.15, 0.2) is 36.4 Å². The van der Waals surface area contributed by atoms with Gasteiger partial charge in [0, 0.05) is 17.5 Å². The Labute approximate surface area is 120 Å². The fourth-order valence-electron chi connectivity index (χ4n) is 2.63. The van der Waals surface area contributed by atoms with E-state index in [1.165, 1.54) is 5.56 Å². The van der Waals surface area contributed by atoms with E-state index in [0.717, 1.165) is 38.6 Å². The average molecular weight is 282 g/mol. The molecule has 100 valence electrons. The summed E-state index contributed by atoms with van der Waals surface area (Å²) in [6.07, 6.45) is 0. The van der Waals surface area contributed by atoms with Gasteiger partial charge in [-0.2, -0.15) is 0 Å². The van der Waals surface area contributed by atoms with Gasteiger partial charge in [-0.15, -0.1) is 11.3 Å². The zero-order valence-corrected chi connectivity index (χ0v) is 11.8. The maximum atomic E-state index is 10.2. The van der Waals surface area contributed by atoms with E-state index in [-0.39, 0.29) is 0 Å². The summed E-state index contributed by atoms with van der Waals surface area (Å²) < 4.78 is 0.962. The van der Waals surface area contributed by atoms with Crippen molar-refractivity contribution in [2.24, 2.45) is 0 Å². The quantitative estimate of drug-likeness (QED) is 0.565. The molecule has 4 rings (SSSR count). The van der Waals surface area contributed by atoms with E-state index in [9.17, 15) is 5.11 Å². The van der Waals surface area contributed by atoms with Crippen LogP contribution in [0, 0.1) is 6.92 Å². The highest BCUT2D eigenvalue weighted by molar-refractivity contribution is 7.23. The van der Waals surface area contributed by atoms with Crippen molar-refractivity contribution < 1.29 is 5.11 Å². The molecule has 1 aliphatic heterocycles. The fraction of sp³-hybridized carbons (Fsp3) is 0.125. The summed E-state index contributed by atoms with van der Waals surface area (Å²) in [6, 6.07) is 12.3. The molecule has 3 aromatic rings. The topological polar surface area (TPSA) is 44.3 Å². The van der Waals surface area contributed by atoms with Crippen LogP contribution in [0.1, 0.15) is 11.1 Å². The molecule has 0 amide bonds. The standard InChI is InChI=1S/C16H14N2OS/c1-9-6-7-10-11-8-17-12-4-2-3-5-13(12)18-16(11)20-15(10)14(9)19/h2-7,17-19H,8H2,1H3. The lowest BCUT2D eigenvalue weighted by Crippen LogP contribution is -1.96. The van der Waals surface area contributed by atoms with Gasteiger partial charge in [0.2, 0.25) is 0 Å². The second-order valence-corrected chi connectivity index (χ2v) is 6.06. The van der Waals surface area contributed by atoms with E-state index in [0.29, 0.717) is 5.75 Å². The van der Waals surface area contributed by atoms with Crippen molar-refractivity contribution in [2.45, 2.75) is 13.5 Å². The van der Waals surface area contributed by atoms with Crippen LogP contribution >= 0.6 is 11.3 Å². The number of nitrogens with one attached hydrogen (secondary N) is 2. The first kappa shape index (κ1) is 11.6. The van der Waals surface area contributed by atoms with E-state index in [2.05, 4.69) is 28.8 Å². The van der Waals surface area contributed by atoms with Crippen molar-refractivity contribution in [3.63, 3.8) is 0 Å². The Morgan fingerprint density at radius 2 is 1.90 bits per heavy atom. The Morgan fingerprint density at radius 1 is 1.10 bits per heavy atom.